The van der Waals surface area contributed by atoms with Crippen molar-refractivity contribution in [3.63, 3.8) is 0 Å². The van der Waals surface area contributed by atoms with E-state index >= 15 is 0 Å². The molecule has 0 spiro atoms. The first kappa shape index (κ1) is 14.1. The molecular formula is C14H12ClFN2O2. The van der Waals surface area contributed by atoms with E-state index in [-0.39, 0.29) is 10.6 Å². The van der Waals surface area contributed by atoms with Gasteiger partial charge in [-0.15, -0.1) is 0 Å². The van der Waals surface area contributed by atoms with E-state index in [0.717, 1.165) is 0 Å². The number of hydrogen-bond acceptors (Lipinski definition) is 3. The van der Waals surface area contributed by atoms with Crippen LogP contribution in [0.25, 0.3) is 0 Å². The van der Waals surface area contributed by atoms with Crippen molar-refractivity contribution in [1.29, 1.82) is 0 Å². The van der Waals surface area contributed by atoms with Gasteiger partial charge in [0.2, 0.25) is 0 Å². The third kappa shape index (κ3) is 2.83. The highest BCUT2D eigenvalue weighted by Gasteiger charge is 2.15. The van der Waals surface area contributed by atoms with Gasteiger partial charge in [-0.05, 0) is 30.3 Å². The molecule has 2 aromatic carbocycles. The van der Waals surface area contributed by atoms with Gasteiger partial charge < -0.3 is 15.8 Å². The van der Waals surface area contributed by atoms with Gasteiger partial charge >= 0.3 is 0 Å². The second-order valence-electron chi connectivity index (χ2n) is 4.02. The van der Waals surface area contributed by atoms with Crippen LogP contribution in [0.4, 0.5) is 15.8 Å². The molecule has 104 valence electrons. The number of nitrogens with one attached hydrogen (secondary N) is 1. The second-order valence-corrected chi connectivity index (χ2v) is 4.39. The van der Waals surface area contributed by atoms with E-state index in [1.807, 2.05) is 0 Å². The Balaban J connectivity index is 2.32. The highest BCUT2D eigenvalue weighted by atomic mass is 35.5. The van der Waals surface area contributed by atoms with Crippen LogP contribution in [0.15, 0.2) is 36.4 Å². The molecule has 0 aromatic heterocycles. The summed E-state index contributed by atoms with van der Waals surface area (Å²) in [6, 6.07) is 8.83. The zero-order valence-corrected chi connectivity index (χ0v) is 11.4. The minimum atomic E-state index is -0.654. The Morgan fingerprint density at radius 1 is 1.35 bits per heavy atom. The van der Waals surface area contributed by atoms with Crippen LogP contribution in [-0.2, 0) is 0 Å². The Bertz CT molecular complexity index is 662. The van der Waals surface area contributed by atoms with Gasteiger partial charge in [-0.3, -0.25) is 4.79 Å². The lowest BCUT2D eigenvalue weighted by Crippen LogP contribution is -2.14. The zero-order chi connectivity index (χ0) is 14.7. The summed E-state index contributed by atoms with van der Waals surface area (Å²) in [5.74, 6) is -0.752. The van der Waals surface area contributed by atoms with Crippen LogP contribution in [0.1, 0.15) is 10.4 Å². The van der Waals surface area contributed by atoms with E-state index in [9.17, 15) is 9.18 Å². The third-order valence-electron chi connectivity index (χ3n) is 2.67. The molecule has 0 aliphatic rings. The molecule has 0 atom stereocenters. The van der Waals surface area contributed by atoms with Crippen molar-refractivity contribution in [3.8, 4) is 5.75 Å². The summed E-state index contributed by atoms with van der Waals surface area (Å²) in [5.41, 5.74) is 6.55. The number of nitrogens with two attached hydrogens (primary N) is 1. The lowest BCUT2D eigenvalue weighted by Gasteiger charge is -2.11. The lowest BCUT2D eigenvalue weighted by molar-refractivity contribution is 0.102. The monoisotopic (exact) mass is 294 g/mol. The van der Waals surface area contributed by atoms with Crippen molar-refractivity contribution >= 4 is 28.9 Å². The van der Waals surface area contributed by atoms with Gasteiger partial charge in [0.25, 0.3) is 5.91 Å². The van der Waals surface area contributed by atoms with Crippen LogP contribution >= 0.6 is 11.6 Å². The van der Waals surface area contributed by atoms with Crippen molar-refractivity contribution < 1.29 is 13.9 Å². The number of benzene rings is 2. The maximum absolute atomic E-state index is 13.3. The Kier molecular flexibility index (Phi) is 4.10. The number of methoxy groups -OCH3 is 1. The molecule has 1 amide bonds. The molecule has 2 rings (SSSR count). The number of carbonyl (C=O) groups excluding carboxylic acids is 1. The number of amides is 1. The Morgan fingerprint density at radius 2 is 2.10 bits per heavy atom. The summed E-state index contributed by atoms with van der Waals surface area (Å²) < 4.78 is 18.4. The van der Waals surface area contributed by atoms with Crippen LogP contribution < -0.4 is 15.8 Å². The van der Waals surface area contributed by atoms with E-state index in [1.165, 1.54) is 25.3 Å². The average molecular weight is 295 g/mol. The maximum Gasteiger partial charge on any atom is 0.257 e. The fourth-order valence-electron chi connectivity index (χ4n) is 1.69. The van der Waals surface area contributed by atoms with E-state index in [4.69, 9.17) is 22.1 Å². The first-order valence-electron chi connectivity index (χ1n) is 5.72. The highest BCUT2D eigenvalue weighted by Crippen LogP contribution is 2.28. The first-order valence-corrected chi connectivity index (χ1v) is 6.09. The standard InChI is InChI=1S/C14H12ClFN2O2/c1-20-12-6-5-8(17)7-11(12)18-14(19)9-3-2-4-10(16)13(9)15/h2-7H,17H2,1H3,(H,18,19). The minimum absolute atomic E-state index is 0.0381. The summed E-state index contributed by atoms with van der Waals surface area (Å²) in [7, 11) is 1.47. The molecule has 0 saturated carbocycles. The molecular weight excluding hydrogens is 283 g/mol. The van der Waals surface area contributed by atoms with Crippen LogP contribution in [0.3, 0.4) is 0 Å². The molecule has 0 heterocycles. The number of ether oxygens (including phenoxy) is 1. The van der Waals surface area contributed by atoms with Gasteiger partial charge in [0, 0.05) is 5.69 Å². The number of anilines is 2. The highest BCUT2D eigenvalue weighted by molar-refractivity contribution is 6.34. The van der Waals surface area contributed by atoms with Crippen molar-refractivity contribution in [2.45, 2.75) is 0 Å². The van der Waals surface area contributed by atoms with Crippen LogP contribution in [0.2, 0.25) is 5.02 Å². The average Bonchev–Trinajstić information content (AvgIpc) is 2.42. The largest absolute Gasteiger partial charge is 0.495 e. The van der Waals surface area contributed by atoms with Crippen LogP contribution in [0, 0.1) is 5.82 Å². The maximum atomic E-state index is 13.3. The van der Waals surface area contributed by atoms with Gasteiger partial charge in [-0.1, -0.05) is 17.7 Å². The summed E-state index contributed by atoms with van der Waals surface area (Å²) in [6.07, 6.45) is 0. The van der Waals surface area contributed by atoms with Crippen molar-refractivity contribution in [2.24, 2.45) is 0 Å². The summed E-state index contributed by atoms with van der Waals surface area (Å²) in [4.78, 5) is 12.1. The van der Waals surface area contributed by atoms with Gasteiger partial charge in [0.15, 0.2) is 0 Å². The van der Waals surface area contributed by atoms with Gasteiger partial charge in [-0.2, -0.15) is 0 Å². The molecule has 0 bridgehead atoms. The van der Waals surface area contributed by atoms with Gasteiger partial charge in [0.1, 0.15) is 11.6 Å². The fourth-order valence-corrected chi connectivity index (χ4v) is 1.90. The second kappa shape index (κ2) is 5.79. The smallest absolute Gasteiger partial charge is 0.257 e. The molecule has 0 aliphatic carbocycles. The Morgan fingerprint density at radius 3 is 2.80 bits per heavy atom. The third-order valence-corrected chi connectivity index (χ3v) is 3.05. The van der Waals surface area contributed by atoms with E-state index in [2.05, 4.69) is 5.32 Å². The topological polar surface area (TPSA) is 64.3 Å². The molecule has 20 heavy (non-hydrogen) atoms. The van der Waals surface area contributed by atoms with Crippen molar-refractivity contribution in [3.05, 3.63) is 52.8 Å². The molecule has 0 saturated heterocycles. The Labute approximate surface area is 120 Å². The number of hydrogen-bond donors (Lipinski definition) is 2. The van der Waals surface area contributed by atoms with Crippen molar-refractivity contribution in [1.82, 2.24) is 0 Å². The fraction of sp³-hybridized carbons (Fsp3) is 0.0714. The van der Waals surface area contributed by atoms with Gasteiger partial charge in [-0.25, -0.2) is 4.39 Å². The number of rotatable bonds is 3. The quantitative estimate of drug-likeness (QED) is 0.854. The zero-order valence-electron chi connectivity index (χ0n) is 10.6. The number of halogens is 2. The normalized spacial score (nSPS) is 10.2. The SMILES string of the molecule is COc1ccc(N)cc1NC(=O)c1cccc(F)c1Cl. The molecule has 6 heteroatoms. The van der Waals surface area contributed by atoms with E-state index < -0.39 is 11.7 Å². The van der Waals surface area contributed by atoms with Crippen LogP contribution in [-0.4, -0.2) is 13.0 Å². The lowest BCUT2D eigenvalue weighted by atomic mass is 10.2. The van der Waals surface area contributed by atoms with Crippen LogP contribution in [0.5, 0.6) is 5.75 Å². The predicted octanol–water partition coefficient (Wildman–Crippen LogP) is 3.32. The molecule has 3 N–H and O–H groups in total. The Hall–Kier alpha value is -2.27. The molecule has 0 fully saturated rings. The molecule has 0 radical (unpaired) electrons. The minimum Gasteiger partial charge on any atom is -0.495 e. The molecule has 4 nitrogen and oxygen atoms in total. The predicted molar refractivity (Wildman–Crippen MR) is 76.8 cm³/mol. The first-order chi connectivity index (χ1) is 9.52. The van der Waals surface area contributed by atoms with Crippen molar-refractivity contribution in [2.75, 3.05) is 18.2 Å². The number of carbonyl (C=O) groups is 1. The van der Waals surface area contributed by atoms with Gasteiger partial charge in [0.05, 0.1) is 23.4 Å². The molecule has 2 aromatic rings. The molecule has 0 unspecified atom stereocenters. The summed E-state index contributed by atoms with van der Waals surface area (Å²) in [6.45, 7) is 0. The summed E-state index contributed by atoms with van der Waals surface area (Å²) in [5, 5.41) is 2.36. The molecule has 0 aliphatic heterocycles. The van der Waals surface area contributed by atoms with E-state index in [0.29, 0.717) is 17.1 Å². The van der Waals surface area contributed by atoms with E-state index in [1.54, 1.807) is 18.2 Å². The summed E-state index contributed by atoms with van der Waals surface area (Å²) >= 11 is 5.77. The number of nitrogen functional groups attached to an aromatic ring is 1.